The van der Waals surface area contributed by atoms with Gasteiger partial charge in [-0.3, -0.25) is 9.59 Å². The maximum Gasteiger partial charge on any atom is 0.305 e. The quantitative estimate of drug-likeness (QED) is 0.901. The minimum absolute atomic E-state index is 0.0155. The summed E-state index contributed by atoms with van der Waals surface area (Å²) in [5, 5.41) is 9.02. The van der Waals surface area contributed by atoms with Gasteiger partial charge in [0.1, 0.15) is 0 Å². The van der Waals surface area contributed by atoms with Gasteiger partial charge in [-0.2, -0.15) is 0 Å². The molecule has 5 nitrogen and oxygen atoms in total. The van der Waals surface area contributed by atoms with Gasteiger partial charge in [0.2, 0.25) is 5.91 Å². The summed E-state index contributed by atoms with van der Waals surface area (Å²) < 4.78 is 0. The molecule has 1 aliphatic rings. The molecular weight excluding hydrogens is 244 g/mol. The number of likely N-dealkylation sites (N-methyl/N-ethyl adjacent to an activating group) is 1. The topological polar surface area (TPSA) is 60.9 Å². The maximum atomic E-state index is 12.0. The van der Waals surface area contributed by atoms with Crippen LogP contribution < -0.4 is 9.80 Å². The van der Waals surface area contributed by atoms with E-state index in [9.17, 15) is 9.59 Å². The number of para-hydroxylation sites is 2. The molecule has 1 N–H and O–H groups in total. The van der Waals surface area contributed by atoms with Gasteiger partial charge in [0, 0.05) is 12.6 Å². The van der Waals surface area contributed by atoms with E-state index in [0.29, 0.717) is 0 Å². The van der Waals surface area contributed by atoms with Gasteiger partial charge in [-0.15, -0.1) is 0 Å². The normalized spacial score (nSPS) is 15.4. The van der Waals surface area contributed by atoms with Crippen LogP contribution in [0.5, 0.6) is 0 Å². The molecule has 0 saturated heterocycles. The Morgan fingerprint density at radius 3 is 2.47 bits per heavy atom. The molecule has 0 atom stereocenters. The number of hydrogen-bond donors (Lipinski definition) is 1. The van der Waals surface area contributed by atoms with Crippen LogP contribution >= 0.6 is 0 Å². The molecular formula is C14H18N2O3. The van der Waals surface area contributed by atoms with Gasteiger partial charge in [0.15, 0.2) is 0 Å². The number of amides is 1. The molecule has 1 aromatic rings. The van der Waals surface area contributed by atoms with E-state index in [-0.39, 0.29) is 18.9 Å². The van der Waals surface area contributed by atoms with Crippen molar-refractivity contribution in [3.63, 3.8) is 0 Å². The third-order valence-corrected chi connectivity index (χ3v) is 3.52. The van der Waals surface area contributed by atoms with Gasteiger partial charge in [-0.1, -0.05) is 12.1 Å². The van der Waals surface area contributed by atoms with Crippen molar-refractivity contribution < 1.29 is 14.7 Å². The van der Waals surface area contributed by atoms with E-state index in [1.807, 2.05) is 43.0 Å². The lowest BCUT2D eigenvalue weighted by molar-refractivity contribution is -0.138. The fourth-order valence-corrected chi connectivity index (χ4v) is 2.44. The van der Waals surface area contributed by atoms with Gasteiger partial charge in [0.05, 0.1) is 24.3 Å². The van der Waals surface area contributed by atoms with E-state index in [0.717, 1.165) is 11.4 Å². The Kier molecular flexibility index (Phi) is 3.22. The summed E-state index contributed by atoms with van der Waals surface area (Å²) in [5.41, 5.74) is 1.10. The van der Waals surface area contributed by atoms with Gasteiger partial charge in [-0.05, 0) is 26.0 Å². The number of hydrogen-bond acceptors (Lipinski definition) is 3. The largest absolute Gasteiger partial charge is 0.481 e. The first-order valence-electron chi connectivity index (χ1n) is 6.18. The number of fused-ring (bicyclic) bond motifs is 1. The van der Waals surface area contributed by atoms with E-state index in [2.05, 4.69) is 0 Å². The second kappa shape index (κ2) is 4.57. The SMILES string of the molecule is CN1C(=O)CN(C(C)(C)CC(=O)O)c2ccccc21. The fraction of sp³-hybridized carbons (Fsp3) is 0.429. The molecule has 0 radical (unpaired) electrons. The van der Waals surface area contributed by atoms with Crippen LogP contribution in [-0.4, -0.2) is 36.1 Å². The Balaban J connectivity index is 2.45. The summed E-state index contributed by atoms with van der Waals surface area (Å²) in [7, 11) is 1.74. The predicted molar refractivity (Wildman–Crippen MR) is 73.5 cm³/mol. The van der Waals surface area contributed by atoms with E-state index >= 15 is 0 Å². The molecule has 1 aromatic carbocycles. The minimum atomic E-state index is -0.867. The molecule has 1 amide bonds. The number of carboxylic acids is 1. The summed E-state index contributed by atoms with van der Waals surface area (Å²) in [6.07, 6.45) is -0.0155. The van der Waals surface area contributed by atoms with Crippen LogP contribution in [0.1, 0.15) is 20.3 Å². The van der Waals surface area contributed by atoms with Crippen LogP contribution in [0.4, 0.5) is 11.4 Å². The van der Waals surface area contributed by atoms with Crippen molar-refractivity contribution >= 4 is 23.3 Å². The first-order valence-corrected chi connectivity index (χ1v) is 6.18. The highest BCUT2D eigenvalue weighted by Gasteiger charge is 2.36. The Bertz CT molecular complexity index is 525. The average molecular weight is 262 g/mol. The Labute approximate surface area is 112 Å². The van der Waals surface area contributed by atoms with Crippen molar-refractivity contribution in [1.82, 2.24) is 0 Å². The summed E-state index contributed by atoms with van der Waals surface area (Å²) in [6, 6.07) is 7.56. The molecule has 2 rings (SSSR count). The van der Waals surface area contributed by atoms with Crippen LogP contribution in [0.2, 0.25) is 0 Å². The summed E-state index contributed by atoms with van der Waals surface area (Å²) in [4.78, 5) is 26.5. The van der Waals surface area contributed by atoms with Crippen molar-refractivity contribution in [3.8, 4) is 0 Å². The first-order chi connectivity index (χ1) is 8.83. The molecule has 0 fully saturated rings. The summed E-state index contributed by atoms with van der Waals surface area (Å²) in [6.45, 7) is 3.89. The number of anilines is 2. The Hall–Kier alpha value is -2.04. The van der Waals surface area contributed by atoms with E-state index in [4.69, 9.17) is 5.11 Å². The van der Waals surface area contributed by atoms with Crippen molar-refractivity contribution in [3.05, 3.63) is 24.3 Å². The molecule has 0 unspecified atom stereocenters. The third kappa shape index (κ3) is 2.41. The zero-order chi connectivity index (χ0) is 14.2. The Morgan fingerprint density at radius 1 is 1.32 bits per heavy atom. The number of carbonyl (C=O) groups excluding carboxylic acids is 1. The van der Waals surface area contributed by atoms with Crippen molar-refractivity contribution in [2.24, 2.45) is 0 Å². The highest BCUT2D eigenvalue weighted by atomic mass is 16.4. The molecule has 0 aliphatic carbocycles. The lowest BCUT2D eigenvalue weighted by atomic mass is 9.95. The molecule has 102 valence electrons. The molecule has 1 aliphatic heterocycles. The third-order valence-electron chi connectivity index (χ3n) is 3.52. The molecule has 19 heavy (non-hydrogen) atoms. The molecule has 0 spiro atoms. The van der Waals surface area contributed by atoms with Gasteiger partial charge >= 0.3 is 5.97 Å². The van der Waals surface area contributed by atoms with Gasteiger partial charge in [0.25, 0.3) is 0 Å². The highest BCUT2D eigenvalue weighted by Crippen LogP contribution is 2.37. The lowest BCUT2D eigenvalue weighted by Crippen LogP contribution is -2.54. The van der Waals surface area contributed by atoms with Crippen LogP contribution in [0.15, 0.2) is 24.3 Å². The summed E-state index contributed by atoms with van der Waals surface area (Å²) >= 11 is 0. The van der Waals surface area contributed by atoms with Crippen LogP contribution in [0.25, 0.3) is 0 Å². The Morgan fingerprint density at radius 2 is 1.89 bits per heavy atom. The number of aliphatic carboxylic acids is 1. The molecule has 0 aromatic heterocycles. The van der Waals surface area contributed by atoms with Crippen molar-refractivity contribution in [2.45, 2.75) is 25.8 Å². The van der Waals surface area contributed by atoms with E-state index < -0.39 is 11.5 Å². The second-order valence-electron chi connectivity index (χ2n) is 5.41. The number of benzene rings is 1. The highest BCUT2D eigenvalue weighted by molar-refractivity contribution is 6.03. The predicted octanol–water partition coefficient (Wildman–Crippen LogP) is 1.72. The van der Waals surface area contributed by atoms with Crippen LogP contribution in [0, 0.1) is 0 Å². The van der Waals surface area contributed by atoms with E-state index in [1.54, 1.807) is 11.9 Å². The smallest absolute Gasteiger partial charge is 0.305 e. The number of nitrogens with zero attached hydrogens (tertiary/aromatic N) is 2. The molecule has 0 saturated carbocycles. The molecule has 5 heteroatoms. The van der Waals surface area contributed by atoms with Crippen LogP contribution in [-0.2, 0) is 9.59 Å². The molecule has 0 bridgehead atoms. The lowest BCUT2D eigenvalue weighted by Gasteiger charge is -2.44. The zero-order valence-electron chi connectivity index (χ0n) is 11.4. The first kappa shape index (κ1) is 13.4. The maximum absolute atomic E-state index is 12.0. The van der Waals surface area contributed by atoms with Gasteiger partial charge < -0.3 is 14.9 Å². The number of carboxylic acid groups (broad SMARTS) is 1. The van der Waals surface area contributed by atoms with Crippen molar-refractivity contribution in [2.75, 3.05) is 23.4 Å². The average Bonchev–Trinajstić information content (AvgIpc) is 2.32. The standard InChI is InChI=1S/C14H18N2O3/c1-14(2,8-13(18)19)16-9-12(17)15(3)10-6-4-5-7-11(10)16/h4-7H,8-9H2,1-3H3,(H,18,19). The second-order valence-corrected chi connectivity index (χ2v) is 5.41. The monoisotopic (exact) mass is 262 g/mol. The van der Waals surface area contributed by atoms with Crippen molar-refractivity contribution in [1.29, 1.82) is 0 Å². The zero-order valence-corrected chi connectivity index (χ0v) is 11.4. The van der Waals surface area contributed by atoms with Crippen LogP contribution in [0.3, 0.4) is 0 Å². The summed E-state index contributed by atoms with van der Waals surface area (Å²) in [5.74, 6) is -0.897. The molecule has 1 heterocycles. The van der Waals surface area contributed by atoms with Gasteiger partial charge in [-0.25, -0.2) is 0 Å². The minimum Gasteiger partial charge on any atom is -0.481 e. The number of rotatable bonds is 3. The van der Waals surface area contributed by atoms with E-state index in [1.165, 1.54) is 0 Å². The number of carbonyl (C=O) groups is 2. The fourth-order valence-electron chi connectivity index (χ4n) is 2.44.